The summed E-state index contributed by atoms with van der Waals surface area (Å²) in [4.78, 5) is 39.2. The molecule has 0 atom stereocenters. The van der Waals surface area contributed by atoms with E-state index >= 15 is 0 Å². The fourth-order valence-corrected chi connectivity index (χ4v) is 5.80. The predicted octanol–water partition coefficient (Wildman–Crippen LogP) is 6.69. The number of fused-ring (bicyclic) bond motifs is 1. The Morgan fingerprint density at radius 1 is 1.29 bits per heavy atom. The molecule has 220 valence electrons. The Hall–Kier alpha value is -4.58. The first-order valence-corrected chi connectivity index (χ1v) is 13.7. The molecule has 0 radical (unpaired) electrons. The van der Waals surface area contributed by atoms with E-state index in [4.69, 9.17) is 16.3 Å². The monoisotopic (exact) mass is 593 g/mol. The molecule has 2 aromatic heterocycles. The summed E-state index contributed by atoms with van der Waals surface area (Å²) in [5.41, 5.74) is 1.33. The second-order valence-electron chi connectivity index (χ2n) is 11.4. The molecule has 0 aliphatic heterocycles. The lowest BCUT2D eigenvalue weighted by atomic mass is 10.0. The highest BCUT2D eigenvalue weighted by Gasteiger charge is 2.55. The van der Waals surface area contributed by atoms with Crippen LogP contribution in [-0.4, -0.2) is 67.8 Å². The highest BCUT2D eigenvalue weighted by Crippen LogP contribution is 2.48. The molecule has 13 heteroatoms. The van der Waals surface area contributed by atoms with Crippen LogP contribution in [0.15, 0.2) is 48.8 Å². The molecule has 2 heterocycles. The van der Waals surface area contributed by atoms with Gasteiger partial charge in [0.2, 0.25) is 5.95 Å². The zero-order chi connectivity index (χ0) is 30.4. The third kappa shape index (κ3) is 5.37. The number of nitrogens with one attached hydrogen (secondary N) is 2. The second-order valence-corrected chi connectivity index (χ2v) is 11.8. The number of hydrogen-bond acceptors (Lipinski definition) is 8. The number of nitro benzene ring substituents is 1. The number of nitrogens with zero attached hydrogens (tertiary/aromatic N) is 5. The van der Waals surface area contributed by atoms with Crippen LogP contribution in [-0.2, 0) is 0 Å². The minimum absolute atomic E-state index is 0.174. The third-order valence-corrected chi connectivity index (χ3v) is 7.71. The lowest BCUT2D eigenvalue weighted by Gasteiger charge is -2.42. The van der Waals surface area contributed by atoms with Crippen LogP contribution in [0.1, 0.15) is 33.6 Å². The summed E-state index contributed by atoms with van der Waals surface area (Å²) in [6, 6.07) is 10.7. The normalized spacial score (nSPS) is 14.0. The van der Waals surface area contributed by atoms with Gasteiger partial charge in [0.25, 0.3) is 5.69 Å². The van der Waals surface area contributed by atoms with Crippen molar-refractivity contribution < 1.29 is 19.6 Å². The maximum Gasteiger partial charge on any atom is 0.408 e. The van der Waals surface area contributed by atoms with E-state index in [1.54, 1.807) is 18.0 Å². The van der Waals surface area contributed by atoms with Crippen LogP contribution in [0.4, 0.5) is 27.8 Å². The molecule has 0 unspecified atom stereocenters. The van der Waals surface area contributed by atoms with Crippen LogP contribution in [0.5, 0.6) is 5.75 Å². The number of H-pyrrole nitrogens is 1. The van der Waals surface area contributed by atoms with Gasteiger partial charge in [-0.25, -0.2) is 14.8 Å². The van der Waals surface area contributed by atoms with E-state index < -0.39 is 22.1 Å². The number of rotatable bonds is 9. The zero-order valence-corrected chi connectivity index (χ0v) is 24.7. The summed E-state index contributed by atoms with van der Waals surface area (Å²) >= 11 is 6.47. The molecule has 0 saturated heterocycles. The lowest BCUT2D eigenvalue weighted by Crippen LogP contribution is -2.56. The Kier molecular flexibility index (Phi) is 7.35. The quantitative estimate of drug-likeness (QED) is 0.142. The SMILES string of the molecule is COc1cc(N(C)CC2(N(C(=O)O)C(C)(C)C)CC2)c([N+](=O)[O-])cc1Nc1ncc(Cl)c(-c2c[nH]c3ccccc23)n1. The maximum absolute atomic E-state index is 12.2. The molecule has 2 aromatic carbocycles. The number of anilines is 3. The first kappa shape index (κ1) is 28.9. The summed E-state index contributed by atoms with van der Waals surface area (Å²) in [6.07, 6.45) is 3.59. The first-order chi connectivity index (χ1) is 19.8. The first-order valence-electron chi connectivity index (χ1n) is 13.3. The smallest absolute Gasteiger partial charge is 0.408 e. The van der Waals surface area contributed by atoms with Gasteiger partial charge in [-0.05, 0) is 39.7 Å². The van der Waals surface area contributed by atoms with Crippen LogP contribution in [0.25, 0.3) is 22.2 Å². The number of carbonyl (C=O) groups is 1. The number of benzene rings is 2. The predicted molar refractivity (Wildman–Crippen MR) is 162 cm³/mol. The summed E-state index contributed by atoms with van der Waals surface area (Å²) in [5, 5.41) is 26.5. The van der Waals surface area contributed by atoms with E-state index in [-0.39, 0.29) is 23.9 Å². The molecule has 4 aromatic rings. The van der Waals surface area contributed by atoms with Crippen molar-refractivity contribution in [2.75, 3.05) is 30.9 Å². The molecule has 42 heavy (non-hydrogen) atoms. The van der Waals surface area contributed by atoms with E-state index in [0.29, 0.717) is 35.0 Å². The zero-order valence-electron chi connectivity index (χ0n) is 23.9. The summed E-state index contributed by atoms with van der Waals surface area (Å²) in [5.74, 6) is 0.498. The van der Waals surface area contributed by atoms with Crippen molar-refractivity contribution in [1.82, 2.24) is 19.9 Å². The number of hydrogen-bond donors (Lipinski definition) is 3. The highest BCUT2D eigenvalue weighted by molar-refractivity contribution is 6.33. The van der Waals surface area contributed by atoms with Gasteiger partial charge in [-0.1, -0.05) is 29.8 Å². The highest BCUT2D eigenvalue weighted by atomic mass is 35.5. The Balaban J connectivity index is 1.48. The average Bonchev–Trinajstić information content (AvgIpc) is 3.54. The van der Waals surface area contributed by atoms with E-state index in [1.807, 2.05) is 51.2 Å². The fraction of sp³-hybridized carbons (Fsp3) is 0.345. The maximum atomic E-state index is 12.2. The minimum atomic E-state index is -1.02. The molecule has 1 aliphatic rings. The van der Waals surface area contributed by atoms with Gasteiger partial charge in [-0.3, -0.25) is 15.0 Å². The lowest BCUT2D eigenvalue weighted by molar-refractivity contribution is -0.384. The van der Waals surface area contributed by atoms with Crippen LogP contribution >= 0.6 is 11.6 Å². The molecule has 3 N–H and O–H groups in total. The molecule has 1 fully saturated rings. The summed E-state index contributed by atoms with van der Waals surface area (Å²) in [6.45, 7) is 5.81. The van der Waals surface area contributed by atoms with Crippen molar-refractivity contribution in [2.45, 2.75) is 44.7 Å². The number of amides is 1. The van der Waals surface area contributed by atoms with Crippen LogP contribution in [0.3, 0.4) is 0 Å². The van der Waals surface area contributed by atoms with Gasteiger partial charge >= 0.3 is 6.09 Å². The fourth-order valence-electron chi connectivity index (χ4n) is 5.61. The van der Waals surface area contributed by atoms with Gasteiger partial charge in [0.15, 0.2) is 0 Å². The van der Waals surface area contributed by atoms with Crippen molar-refractivity contribution in [3.05, 3.63) is 63.9 Å². The second kappa shape index (κ2) is 10.7. The number of halogens is 1. The molecule has 1 amide bonds. The number of carboxylic acid groups (broad SMARTS) is 1. The minimum Gasteiger partial charge on any atom is -0.494 e. The van der Waals surface area contributed by atoms with Gasteiger partial charge in [-0.2, -0.15) is 0 Å². The van der Waals surface area contributed by atoms with Crippen LogP contribution in [0, 0.1) is 10.1 Å². The third-order valence-electron chi connectivity index (χ3n) is 7.43. The molecule has 1 aliphatic carbocycles. The molecular formula is C29H32ClN7O5. The van der Waals surface area contributed by atoms with Crippen molar-refractivity contribution >= 4 is 51.6 Å². The topological polar surface area (TPSA) is 150 Å². The number of methoxy groups -OCH3 is 1. The van der Waals surface area contributed by atoms with Crippen molar-refractivity contribution in [3.8, 4) is 17.0 Å². The number of para-hydroxylation sites is 1. The van der Waals surface area contributed by atoms with Crippen molar-refractivity contribution in [3.63, 3.8) is 0 Å². The van der Waals surface area contributed by atoms with Crippen LogP contribution < -0.4 is 15.0 Å². The molecular weight excluding hydrogens is 562 g/mol. The molecule has 5 rings (SSSR count). The Morgan fingerprint density at radius 3 is 2.62 bits per heavy atom. The number of nitro groups is 1. The number of likely N-dealkylation sites (N-methyl/N-ethyl adjacent to an activating group) is 1. The average molecular weight is 594 g/mol. The Labute approximate surface area is 247 Å². The van der Waals surface area contributed by atoms with Gasteiger partial charge in [0.05, 0.1) is 40.2 Å². The molecule has 12 nitrogen and oxygen atoms in total. The van der Waals surface area contributed by atoms with Gasteiger partial charge in [0.1, 0.15) is 11.4 Å². The van der Waals surface area contributed by atoms with Gasteiger partial charge in [0, 0.05) is 53.9 Å². The Morgan fingerprint density at radius 2 is 2.00 bits per heavy atom. The van der Waals surface area contributed by atoms with E-state index in [0.717, 1.165) is 16.5 Å². The number of aromatic amines is 1. The van der Waals surface area contributed by atoms with Gasteiger partial charge < -0.3 is 25.0 Å². The van der Waals surface area contributed by atoms with Crippen molar-refractivity contribution in [2.24, 2.45) is 0 Å². The van der Waals surface area contributed by atoms with E-state index in [9.17, 15) is 20.0 Å². The summed E-state index contributed by atoms with van der Waals surface area (Å²) in [7, 11) is 3.18. The molecule has 1 saturated carbocycles. The van der Waals surface area contributed by atoms with E-state index in [1.165, 1.54) is 24.3 Å². The molecule has 0 spiro atoms. The van der Waals surface area contributed by atoms with Crippen molar-refractivity contribution in [1.29, 1.82) is 0 Å². The number of aromatic nitrogens is 3. The summed E-state index contributed by atoms with van der Waals surface area (Å²) < 4.78 is 5.61. The standard InChI is InChI=1S/C29H32ClN7O5/c1-28(2,3)36(27(38)39)29(10-11-29)16-35(4)22-13-24(42-5)21(12-23(22)37(40)41)33-26-32-15-19(30)25(34-26)18-14-31-20-9-7-6-8-17(18)20/h6-9,12-15,31H,10-11,16H2,1-5H3,(H,38,39)(H,32,33,34). The Bertz CT molecular complexity index is 1680. The van der Waals surface area contributed by atoms with Gasteiger partial charge in [-0.15, -0.1) is 0 Å². The number of ether oxygens (including phenoxy) is 1. The van der Waals surface area contributed by atoms with Crippen LogP contribution in [0.2, 0.25) is 5.02 Å². The molecule has 0 bridgehead atoms. The largest absolute Gasteiger partial charge is 0.494 e. The van der Waals surface area contributed by atoms with E-state index in [2.05, 4.69) is 20.3 Å².